The molecule has 6 heteroatoms. The van der Waals surface area contributed by atoms with Crippen LogP contribution >= 0.6 is 11.3 Å². The number of hydrogen-bond donors (Lipinski definition) is 1. The summed E-state index contributed by atoms with van der Waals surface area (Å²) in [6, 6.07) is 6.02. The van der Waals surface area contributed by atoms with Crippen molar-refractivity contribution in [2.75, 3.05) is 19.6 Å². The van der Waals surface area contributed by atoms with Gasteiger partial charge in [0.05, 0.1) is 4.90 Å². The van der Waals surface area contributed by atoms with E-state index in [1.807, 2.05) is 44.2 Å². The summed E-state index contributed by atoms with van der Waals surface area (Å²) in [6.45, 7) is 8.79. The van der Waals surface area contributed by atoms with Gasteiger partial charge in [-0.05, 0) is 55.3 Å². The molecule has 1 aromatic carbocycles. The lowest BCUT2D eigenvalue weighted by Crippen LogP contribution is -2.37. The third kappa shape index (κ3) is 3.72. The van der Waals surface area contributed by atoms with E-state index in [0.717, 1.165) is 42.7 Å². The normalized spacial score (nSPS) is 15.5. The van der Waals surface area contributed by atoms with Crippen molar-refractivity contribution in [2.45, 2.75) is 38.6 Å². The molecule has 0 unspecified atom stereocenters. The first-order valence-electron chi connectivity index (χ1n) is 8.22. The molecule has 0 spiro atoms. The zero-order chi connectivity index (χ0) is 17.3. The first-order valence-corrected chi connectivity index (χ1v) is 10.6. The number of hydrogen-bond acceptors (Lipinski definition) is 4. The summed E-state index contributed by atoms with van der Waals surface area (Å²) < 4.78 is 28.1. The Bertz CT molecular complexity index is 817. The molecule has 3 rings (SSSR count). The maximum absolute atomic E-state index is 12.7. The zero-order valence-electron chi connectivity index (χ0n) is 14.4. The third-order valence-corrected chi connectivity index (χ3v) is 7.27. The van der Waals surface area contributed by atoms with Crippen molar-refractivity contribution in [1.29, 1.82) is 0 Å². The standard InChI is InChI=1S/C18H24N2O2S2/c1-13-10-14(2)18(15(3)11-13)24(21,22)19-6-8-20-7-4-17-16(12-20)5-9-23-17/h5,9-11,19H,4,6-8,12H2,1-3H3. The number of nitrogens with zero attached hydrogens (tertiary/aromatic N) is 1. The highest BCUT2D eigenvalue weighted by Crippen LogP contribution is 2.24. The first kappa shape index (κ1) is 17.6. The number of nitrogens with one attached hydrogen (secondary N) is 1. The number of sulfonamides is 1. The van der Waals surface area contributed by atoms with Crippen molar-refractivity contribution < 1.29 is 8.42 Å². The van der Waals surface area contributed by atoms with Gasteiger partial charge in [-0.2, -0.15) is 0 Å². The molecule has 1 aromatic heterocycles. The number of thiophene rings is 1. The van der Waals surface area contributed by atoms with Gasteiger partial charge in [-0.3, -0.25) is 4.90 Å². The summed E-state index contributed by atoms with van der Waals surface area (Å²) in [5.74, 6) is 0. The first-order chi connectivity index (χ1) is 11.4. The SMILES string of the molecule is Cc1cc(C)c(S(=O)(=O)NCCN2CCc3sccc3C2)c(C)c1. The minimum Gasteiger partial charge on any atom is -0.297 e. The van der Waals surface area contributed by atoms with Gasteiger partial charge in [-0.1, -0.05) is 17.7 Å². The van der Waals surface area contributed by atoms with Crippen molar-refractivity contribution >= 4 is 21.4 Å². The lowest BCUT2D eigenvalue weighted by Gasteiger charge is -2.26. The van der Waals surface area contributed by atoms with Gasteiger partial charge in [0.15, 0.2) is 0 Å². The van der Waals surface area contributed by atoms with E-state index < -0.39 is 10.0 Å². The molecular formula is C18H24N2O2S2. The summed E-state index contributed by atoms with van der Waals surface area (Å²) in [5, 5.41) is 2.14. The van der Waals surface area contributed by atoms with Crippen LogP contribution in [-0.2, 0) is 23.0 Å². The Balaban J connectivity index is 1.62. The molecule has 0 fully saturated rings. The summed E-state index contributed by atoms with van der Waals surface area (Å²) in [6.07, 6.45) is 1.07. The highest BCUT2D eigenvalue weighted by Gasteiger charge is 2.21. The van der Waals surface area contributed by atoms with E-state index in [2.05, 4.69) is 21.1 Å². The molecule has 2 heterocycles. The van der Waals surface area contributed by atoms with Crippen LogP contribution in [0.1, 0.15) is 27.1 Å². The Kier molecular flexibility index (Phi) is 5.11. The van der Waals surface area contributed by atoms with Gasteiger partial charge in [0.25, 0.3) is 0 Å². The quantitative estimate of drug-likeness (QED) is 0.887. The van der Waals surface area contributed by atoms with Crippen LogP contribution in [0.2, 0.25) is 0 Å². The second kappa shape index (κ2) is 6.96. The van der Waals surface area contributed by atoms with Crippen LogP contribution in [-0.4, -0.2) is 33.0 Å². The minimum atomic E-state index is -3.46. The second-order valence-electron chi connectivity index (χ2n) is 6.52. The van der Waals surface area contributed by atoms with Gasteiger partial charge in [-0.15, -0.1) is 11.3 Å². The molecule has 1 aliphatic rings. The van der Waals surface area contributed by atoms with Gasteiger partial charge in [0, 0.05) is 31.1 Å². The van der Waals surface area contributed by atoms with E-state index in [9.17, 15) is 8.42 Å². The van der Waals surface area contributed by atoms with E-state index in [4.69, 9.17) is 0 Å². The molecule has 130 valence electrons. The number of aryl methyl sites for hydroxylation is 3. The smallest absolute Gasteiger partial charge is 0.241 e. The fourth-order valence-electron chi connectivity index (χ4n) is 3.50. The molecule has 2 aromatic rings. The second-order valence-corrected chi connectivity index (χ2v) is 9.23. The van der Waals surface area contributed by atoms with E-state index in [1.54, 1.807) is 0 Å². The number of rotatable bonds is 5. The van der Waals surface area contributed by atoms with Gasteiger partial charge >= 0.3 is 0 Å². The van der Waals surface area contributed by atoms with Crippen molar-refractivity contribution in [3.63, 3.8) is 0 Å². The van der Waals surface area contributed by atoms with Gasteiger partial charge < -0.3 is 0 Å². The molecule has 0 saturated carbocycles. The van der Waals surface area contributed by atoms with Crippen LogP contribution in [0.4, 0.5) is 0 Å². The highest BCUT2D eigenvalue weighted by molar-refractivity contribution is 7.89. The molecule has 0 atom stereocenters. The Morgan fingerprint density at radius 1 is 1.21 bits per heavy atom. The van der Waals surface area contributed by atoms with Gasteiger partial charge in [-0.25, -0.2) is 13.1 Å². The van der Waals surface area contributed by atoms with Crippen molar-refractivity contribution in [3.8, 4) is 0 Å². The van der Waals surface area contributed by atoms with Crippen molar-refractivity contribution in [2.24, 2.45) is 0 Å². The van der Waals surface area contributed by atoms with Crippen LogP contribution in [0.15, 0.2) is 28.5 Å². The summed E-state index contributed by atoms with van der Waals surface area (Å²) in [5.41, 5.74) is 4.09. The molecule has 1 aliphatic heterocycles. The van der Waals surface area contributed by atoms with Crippen LogP contribution in [0.5, 0.6) is 0 Å². The predicted octanol–water partition coefficient (Wildman–Crippen LogP) is 3.01. The molecule has 0 aliphatic carbocycles. The highest BCUT2D eigenvalue weighted by atomic mass is 32.2. The zero-order valence-corrected chi connectivity index (χ0v) is 16.1. The fourth-order valence-corrected chi connectivity index (χ4v) is 5.86. The molecule has 0 amide bonds. The average Bonchev–Trinajstić information content (AvgIpc) is 2.93. The monoisotopic (exact) mass is 364 g/mol. The largest absolute Gasteiger partial charge is 0.297 e. The molecule has 0 bridgehead atoms. The van der Waals surface area contributed by atoms with Crippen LogP contribution in [0.25, 0.3) is 0 Å². The number of benzene rings is 1. The minimum absolute atomic E-state index is 0.423. The maximum atomic E-state index is 12.7. The maximum Gasteiger partial charge on any atom is 0.241 e. The number of fused-ring (bicyclic) bond motifs is 1. The third-order valence-electron chi connectivity index (χ3n) is 4.48. The molecule has 24 heavy (non-hydrogen) atoms. The fraction of sp³-hybridized carbons (Fsp3) is 0.444. The Morgan fingerprint density at radius 3 is 2.62 bits per heavy atom. The van der Waals surface area contributed by atoms with Crippen LogP contribution < -0.4 is 4.72 Å². The Labute approximate surface area is 148 Å². The lowest BCUT2D eigenvalue weighted by atomic mass is 10.1. The van der Waals surface area contributed by atoms with Crippen LogP contribution in [0.3, 0.4) is 0 Å². The molecule has 0 radical (unpaired) electrons. The molecule has 1 N–H and O–H groups in total. The topological polar surface area (TPSA) is 49.4 Å². The van der Waals surface area contributed by atoms with Gasteiger partial charge in [0.2, 0.25) is 10.0 Å². The van der Waals surface area contributed by atoms with E-state index in [1.165, 1.54) is 10.4 Å². The molecule has 4 nitrogen and oxygen atoms in total. The average molecular weight is 365 g/mol. The summed E-state index contributed by atoms with van der Waals surface area (Å²) in [7, 11) is -3.46. The van der Waals surface area contributed by atoms with E-state index in [0.29, 0.717) is 11.4 Å². The van der Waals surface area contributed by atoms with E-state index in [-0.39, 0.29) is 0 Å². The molecule has 0 saturated heterocycles. The predicted molar refractivity (Wildman–Crippen MR) is 99.1 cm³/mol. The van der Waals surface area contributed by atoms with Crippen molar-refractivity contribution in [1.82, 2.24) is 9.62 Å². The molecular weight excluding hydrogens is 340 g/mol. The van der Waals surface area contributed by atoms with Crippen LogP contribution in [0, 0.1) is 20.8 Å². The lowest BCUT2D eigenvalue weighted by molar-refractivity contribution is 0.260. The van der Waals surface area contributed by atoms with E-state index >= 15 is 0 Å². The van der Waals surface area contributed by atoms with Crippen molar-refractivity contribution in [3.05, 3.63) is 50.7 Å². The Hall–Kier alpha value is -1.21. The summed E-state index contributed by atoms with van der Waals surface area (Å²) in [4.78, 5) is 4.21. The summed E-state index contributed by atoms with van der Waals surface area (Å²) >= 11 is 1.82. The Morgan fingerprint density at radius 2 is 1.92 bits per heavy atom. The van der Waals surface area contributed by atoms with Gasteiger partial charge in [0.1, 0.15) is 0 Å².